The summed E-state index contributed by atoms with van der Waals surface area (Å²) in [6, 6.07) is 0. The smallest absolute Gasteiger partial charge is 0.220 e. The van der Waals surface area contributed by atoms with Gasteiger partial charge in [0.05, 0.1) is 0 Å². The first kappa shape index (κ1) is 17.5. The Balaban J connectivity index is 1.82. The zero-order valence-electron chi connectivity index (χ0n) is 13.4. The SMILES string of the molecule is CCCCCCCCCCCC(=O)NCC1(N)CCC1. The van der Waals surface area contributed by atoms with E-state index in [2.05, 4.69) is 12.2 Å². The summed E-state index contributed by atoms with van der Waals surface area (Å²) < 4.78 is 0. The molecule has 0 unspecified atom stereocenters. The zero-order chi connectivity index (χ0) is 14.7. The monoisotopic (exact) mass is 282 g/mol. The van der Waals surface area contributed by atoms with Gasteiger partial charge in [-0.15, -0.1) is 0 Å². The van der Waals surface area contributed by atoms with Crippen molar-refractivity contribution in [1.82, 2.24) is 5.32 Å². The number of unbranched alkanes of at least 4 members (excludes halogenated alkanes) is 8. The summed E-state index contributed by atoms with van der Waals surface area (Å²) in [5, 5.41) is 2.99. The van der Waals surface area contributed by atoms with Crippen molar-refractivity contribution in [3.05, 3.63) is 0 Å². The van der Waals surface area contributed by atoms with Crippen molar-refractivity contribution in [3.63, 3.8) is 0 Å². The van der Waals surface area contributed by atoms with Crippen molar-refractivity contribution in [2.45, 2.75) is 95.9 Å². The number of hydrogen-bond donors (Lipinski definition) is 2. The number of nitrogens with one attached hydrogen (secondary N) is 1. The molecule has 1 aliphatic rings. The molecule has 1 fully saturated rings. The lowest BCUT2D eigenvalue weighted by molar-refractivity contribution is -0.121. The Kier molecular flexibility index (Phi) is 8.92. The fraction of sp³-hybridized carbons (Fsp3) is 0.941. The van der Waals surface area contributed by atoms with Gasteiger partial charge in [0.25, 0.3) is 0 Å². The summed E-state index contributed by atoms with van der Waals surface area (Å²) in [7, 11) is 0. The summed E-state index contributed by atoms with van der Waals surface area (Å²) in [5.41, 5.74) is 5.99. The molecule has 118 valence electrons. The van der Waals surface area contributed by atoms with Gasteiger partial charge in [-0.2, -0.15) is 0 Å². The number of carbonyl (C=O) groups is 1. The fourth-order valence-electron chi connectivity index (χ4n) is 2.77. The molecule has 1 amide bonds. The van der Waals surface area contributed by atoms with E-state index in [9.17, 15) is 4.79 Å². The van der Waals surface area contributed by atoms with Crippen LogP contribution >= 0.6 is 0 Å². The molecule has 0 saturated heterocycles. The van der Waals surface area contributed by atoms with E-state index >= 15 is 0 Å². The molecule has 0 aromatic carbocycles. The first-order valence-corrected chi connectivity index (χ1v) is 8.72. The molecule has 1 aliphatic carbocycles. The van der Waals surface area contributed by atoms with E-state index in [-0.39, 0.29) is 11.4 Å². The normalized spacial score (nSPS) is 16.7. The quantitative estimate of drug-likeness (QED) is 0.533. The van der Waals surface area contributed by atoms with Crippen LogP contribution in [0.2, 0.25) is 0 Å². The van der Waals surface area contributed by atoms with Gasteiger partial charge in [0.1, 0.15) is 0 Å². The minimum Gasteiger partial charge on any atom is -0.354 e. The minimum atomic E-state index is -0.0891. The van der Waals surface area contributed by atoms with Gasteiger partial charge in [0.2, 0.25) is 5.91 Å². The zero-order valence-corrected chi connectivity index (χ0v) is 13.4. The molecule has 0 bridgehead atoms. The summed E-state index contributed by atoms with van der Waals surface area (Å²) in [5.74, 6) is 0.185. The molecule has 0 atom stereocenters. The van der Waals surface area contributed by atoms with E-state index in [1.807, 2.05) is 0 Å². The van der Waals surface area contributed by atoms with Crippen LogP contribution in [0.5, 0.6) is 0 Å². The molecule has 1 rings (SSSR count). The second-order valence-corrected chi connectivity index (χ2v) is 6.57. The van der Waals surface area contributed by atoms with Crippen molar-refractivity contribution in [3.8, 4) is 0 Å². The Labute approximate surface area is 125 Å². The topological polar surface area (TPSA) is 55.1 Å². The van der Waals surface area contributed by atoms with E-state index < -0.39 is 0 Å². The Bertz CT molecular complexity index is 262. The van der Waals surface area contributed by atoms with Crippen molar-refractivity contribution in [2.24, 2.45) is 5.73 Å². The van der Waals surface area contributed by atoms with E-state index in [0.717, 1.165) is 19.3 Å². The van der Waals surface area contributed by atoms with Crippen molar-refractivity contribution >= 4 is 5.91 Å². The lowest BCUT2D eigenvalue weighted by atomic mass is 9.78. The van der Waals surface area contributed by atoms with Crippen molar-refractivity contribution in [2.75, 3.05) is 6.54 Å². The van der Waals surface area contributed by atoms with Crippen LogP contribution in [0.4, 0.5) is 0 Å². The first-order valence-electron chi connectivity index (χ1n) is 8.72. The predicted molar refractivity (Wildman–Crippen MR) is 85.6 cm³/mol. The highest BCUT2D eigenvalue weighted by Gasteiger charge is 2.32. The summed E-state index contributed by atoms with van der Waals surface area (Å²) in [6.07, 6.45) is 15.7. The Hall–Kier alpha value is -0.570. The third kappa shape index (κ3) is 7.88. The summed E-state index contributed by atoms with van der Waals surface area (Å²) in [4.78, 5) is 11.7. The van der Waals surface area contributed by atoms with Crippen LogP contribution in [0.3, 0.4) is 0 Å². The molecule has 0 aromatic rings. The highest BCUT2D eigenvalue weighted by Crippen LogP contribution is 2.28. The summed E-state index contributed by atoms with van der Waals surface area (Å²) >= 11 is 0. The number of amides is 1. The van der Waals surface area contributed by atoms with Gasteiger partial charge in [0.15, 0.2) is 0 Å². The van der Waals surface area contributed by atoms with E-state index in [4.69, 9.17) is 5.73 Å². The maximum atomic E-state index is 11.7. The molecule has 0 radical (unpaired) electrons. The van der Waals surface area contributed by atoms with Crippen LogP contribution in [0.25, 0.3) is 0 Å². The lowest BCUT2D eigenvalue weighted by Crippen LogP contribution is -2.54. The van der Waals surface area contributed by atoms with Gasteiger partial charge in [-0.3, -0.25) is 4.79 Å². The van der Waals surface area contributed by atoms with Gasteiger partial charge in [-0.1, -0.05) is 58.3 Å². The van der Waals surface area contributed by atoms with Crippen LogP contribution in [0.15, 0.2) is 0 Å². The second kappa shape index (κ2) is 10.2. The minimum absolute atomic E-state index is 0.0891. The lowest BCUT2D eigenvalue weighted by Gasteiger charge is -2.38. The number of carbonyl (C=O) groups excluding carboxylic acids is 1. The molecule has 0 spiro atoms. The third-order valence-electron chi connectivity index (χ3n) is 4.49. The van der Waals surface area contributed by atoms with E-state index in [1.165, 1.54) is 57.8 Å². The van der Waals surface area contributed by atoms with Gasteiger partial charge < -0.3 is 11.1 Å². The van der Waals surface area contributed by atoms with Crippen LogP contribution in [-0.4, -0.2) is 18.0 Å². The Morgan fingerprint density at radius 3 is 2.05 bits per heavy atom. The van der Waals surface area contributed by atoms with Crippen LogP contribution < -0.4 is 11.1 Å². The Morgan fingerprint density at radius 1 is 1.00 bits per heavy atom. The first-order chi connectivity index (χ1) is 9.66. The molecule has 3 nitrogen and oxygen atoms in total. The average molecular weight is 282 g/mol. The Morgan fingerprint density at radius 2 is 1.55 bits per heavy atom. The van der Waals surface area contributed by atoms with Crippen LogP contribution in [-0.2, 0) is 4.79 Å². The maximum Gasteiger partial charge on any atom is 0.220 e. The molecule has 0 aromatic heterocycles. The van der Waals surface area contributed by atoms with E-state index in [0.29, 0.717) is 13.0 Å². The molecule has 3 heteroatoms. The van der Waals surface area contributed by atoms with Crippen LogP contribution in [0.1, 0.15) is 90.4 Å². The predicted octanol–water partition coefficient (Wildman–Crippen LogP) is 3.90. The highest BCUT2D eigenvalue weighted by atomic mass is 16.1. The highest BCUT2D eigenvalue weighted by molar-refractivity contribution is 5.75. The van der Waals surface area contributed by atoms with Gasteiger partial charge >= 0.3 is 0 Å². The van der Waals surface area contributed by atoms with Gasteiger partial charge in [-0.25, -0.2) is 0 Å². The molecule has 0 heterocycles. The maximum absolute atomic E-state index is 11.7. The molecular formula is C17H34N2O. The third-order valence-corrected chi connectivity index (χ3v) is 4.49. The second-order valence-electron chi connectivity index (χ2n) is 6.57. The van der Waals surface area contributed by atoms with Gasteiger partial charge in [0, 0.05) is 18.5 Å². The molecular weight excluding hydrogens is 248 g/mol. The van der Waals surface area contributed by atoms with E-state index in [1.54, 1.807) is 0 Å². The average Bonchev–Trinajstić information content (AvgIpc) is 2.41. The number of hydrogen-bond acceptors (Lipinski definition) is 2. The van der Waals surface area contributed by atoms with Crippen molar-refractivity contribution < 1.29 is 4.79 Å². The molecule has 3 N–H and O–H groups in total. The molecule has 1 saturated carbocycles. The molecule has 0 aliphatic heterocycles. The van der Waals surface area contributed by atoms with Crippen molar-refractivity contribution in [1.29, 1.82) is 0 Å². The standard InChI is InChI=1S/C17H34N2O/c1-2-3-4-5-6-7-8-9-10-12-16(20)19-15-17(18)13-11-14-17/h2-15,18H2,1H3,(H,19,20). The van der Waals surface area contributed by atoms with Gasteiger partial charge in [-0.05, 0) is 25.7 Å². The molecule has 20 heavy (non-hydrogen) atoms. The largest absolute Gasteiger partial charge is 0.354 e. The number of nitrogens with two attached hydrogens (primary N) is 1. The van der Waals surface area contributed by atoms with Crippen LogP contribution in [0, 0.1) is 0 Å². The fourth-order valence-corrected chi connectivity index (χ4v) is 2.77. The number of rotatable bonds is 12. The summed E-state index contributed by atoms with van der Waals surface area (Å²) in [6.45, 7) is 2.92.